The molecule has 0 amide bonds. The first-order valence-electron chi connectivity index (χ1n) is 8.44. The molecule has 0 fully saturated rings. The maximum absolute atomic E-state index is 13.5. The Morgan fingerprint density at radius 1 is 1.00 bits per heavy atom. The van der Waals surface area contributed by atoms with Gasteiger partial charge in [0.2, 0.25) is 10.0 Å². The van der Waals surface area contributed by atoms with Crippen LogP contribution in [0.1, 0.15) is 27.9 Å². The highest BCUT2D eigenvalue weighted by Crippen LogP contribution is 2.30. The molecule has 7 heteroatoms. The average Bonchev–Trinajstić information content (AvgIpc) is 2.95. The second-order valence-corrected chi connectivity index (χ2v) is 8.64. The van der Waals surface area contributed by atoms with Gasteiger partial charge in [-0.3, -0.25) is 0 Å². The summed E-state index contributed by atoms with van der Waals surface area (Å²) in [6, 6.07) is 11.5. The van der Waals surface area contributed by atoms with Crippen LogP contribution < -0.4 is 0 Å². The summed E-state index contributed by atoms with van der Waals surface area (Å²) in [5.74, 6) is 0. The molecular weight excluding hydrogens is 348 g/mol. The number of rotatable bonds is 2. The zero-order chi connectivity index (χ0) is 18.5. The van der Waals surface area contributed by atoms with Crippen molar-refractivity contribution in [2.24, 2.45) is 0 Å². The third-order valence-electron chi connectivity index (χ3n) is 4.73. The van der Waals surface area contributed by atoms with Crippen molar-refractivity contribution in [3.05, 3.63) is 70.5 Å². The number of hydrogen-bond donors (Lipinski definition) is 0. The Morgan fingerprint density at radius 2 is 1.69 bits per heavy atom. The summed E-state index contributed by atoms with van der Waals surface area (Å²) in [6.07, 6.45) is 1.62. The van der Waals surface area contributed by atoms with E-state index in [2.05, 4.69) is 10.3 Å². The minimum atomic E-state index is -3.66. The largest absolute Gasteiger partial charge is 0.244 e. The van der Waals surface area contributed by atoms with Gasteiger partial charge in [-0.25, -0.2) is 13.1 Å². The molecular formula is C19H20N4O2S. The Kier molecular flexibility index (Phi) is 3.93. The van der Waals surface area contributed by atoms with E-state index in [9.17, 15) is 8.42 Å². The van der Waals surface area contributed by atoms with Gasteiger partial charge in [-0.2, -0.15) is 4.31 Å². The van der Waals surface area contributed by atoms with Gasteiger partial charge in [-0.05, 0) is 43.5 Å². The zero-order valence-electron chi connectivity index (χ0n) is 15.0. The first-order chi connectivity index (χ1) is 12.4. The van der Waals surface area contributed by atoms with Crippen LogP contribution in [0.25, 0.3) is 5.69 Å². The quantitative estimate of drug-likeness (QED) is 0.697. The molecule has 0 aliphatic carbocycles. The van der Waals surface area contributed by atoms with Crippen LogP contribution in [0.5, 0.6) is 0 Å². The van der Waals surface area contributed by atoms with Gasteiger partial charge in [-0.15, -0.1) is 5.10 Å². The molecule has 4 rings (SSSR count). The highest BCUT2D eigenvalue weighted by Gasteiger charge is 2.32. The molecule has 0 N–H and O–H groups in total. The van der Waals surface area contributed by atoms with Crippen molar-refractivity contribution in [2.45, 2.75) is 38.8 Å². The first kappa shape index (κ1) is 16.9. The van der Waals surface area contributed by atoms with Gasteiger partial charge in [0.05, 0.1) is 29.0 Å². The van der Waals surface area contributed by atoms with Crippen LogP contribution in [0.4, 0.5) is 0 Å². The Morgan fingerprint density at radius 3 is 2.42 bits per heavy atom. The van der Waals surface area contributed by atoms with Gasteiger partial charge in [0.25, 0.3) is 0 Å². The number of sulfonamides is 1. The smallest absolute Gasteiger partial charge is 0.216 e. The number of fused-ring (bicyclic) bond motifs is 3. The van der Waals surface area contributed by atoms with E-state index in [0.29, 0.717) is 11.4 Å². The molecule has 0 saturated heterocycles. The van der Waals surface area contributed by atoms with Crippen LogP contribution in [-0.4, -0.2) is 27.7 Å². The van der Waals surface area contributed by atoms with E-state index < -0.39 is 10.0 Å². The fourth-order valence-electron chi connectivity index (χ4n) is 3.72. The van der Waals surface area contributed by atoms with Crippen molar-refractivity contribution < 1.29 is 8.42 Å². The maximum Gasteiger partial charge on any atom is 0.244 e. The number of benzene rings is 2. The monoisotopic (exact) mass is 368 g/mol. The van der Waals surface area contributed by atoms with Crippen LogP contribution >= 0.6 is 0 Å². The van der Waals surface area contributed by atoms with E-state index in [1.807, 2.05) is 57.2 Å². The number of para-hydroxylation sites is 1. The molecule has 1 aliphatic heterocycles. The minimum absolute atomic E-state index is 0.233. The Bertz CT molecular complexity index is 1080. The summed E-state index contributed by atoms with van der Waals surface area (Å²) in [6.45, 7) is 6.21. The Balaban J connectivity index is 1.87. The van der Waals surface area contributed by atoms with Gasteiger partial charge < -0.3 is 0 Å². The SMILES string of the molecule is Cc1cc(C)c(S(=O)(=O)N2Cc3ccccc3-n3nncc3C2)c(C)c1. The molecule has 0 saturated carbocycles. The van der Waals surface area contributed by atoms with Crippen LogP contribution in [-0.2, 0) is 23.1 Å². The van der Waals surface area contributed by atoms with Crippen molar-refractivity contribution in [3.8, 4) is 5.69 Å². The number of aryl methyl sites for hydroxylation is 3. The average molecular weight is 368 g/mol. The maximum atomic E-state index is 13.5. The molecule has 1 aromatic heterocycles. The van der Waals surface area contributed by atoms with E-state index in [4.69, 9.17) is 0 Å². The highest BCUT2D eigenvalue weighted by molar-refractivity contribution is 7.89. The van der Waals surface area contributed by atoms with Gasteiger partial charge in [0, 0.05) is 6.54 Å². The van der Waals surface area contributed by atoms with Crippen molar-refractivity contribution >= 4 is 10.0 Å². The molecule has 0 atom stereocenters. The van der Waals surface area contributed by atoms with Crippen LogP contribution in [0.2, 0.25) is 0 Å². The van der Waals surface area contributed by atoms with Crippen LogP contribution in [0, 0.1) is 20.8 Å². The standard InChI is InChI=1S/C19H20N4O2S/c1-13-8-14(2)19(15(3)9-13)26(24,25)22-11-16-6-4-5-7-18(16)23-17(12-22)10-20-21-23/h4-10H,11-12H2,1-3H3. The lowest BCUT2D eigenvalue weighted by molar-refractivity contribution is 0.400. The molecule has 3 aromatic rings. The molecule has 6 nitrogen and oxygen atoms in total. The number of hydrogen-bond acceptors (Lipinski definition) is 4. The van der Waals surface area contributed by atoms with E-state index in [1.165, 1.54) is 4.31 Å². The summed E-state index contributed by atoms with van der Waals surface area (Å²) in [4.78, 5) is 0.390. The second-order valence-electron chi connectivity index (χ2n) is 6.77. The highest BCUT2D eigenvalue weighted by atomic mass is 32.2. The molecule has 2 heterocycles. The van der Waals surface area contributed by atoms with Crippen molar-refractivity contribution in [3.63, 3.8) is 0 Å². The van der Waals surface area contributed by atoms with E-state index in [0.717, 1.165) is 33.6 Å². The van der Waals surface area contributed by atoms with Gasteiger partial charge >= 0.3 is 0 Å². The molecule has 0 radical (unpaired) electrons. The third kappa shape index (κ3) is 2.64. The van der Waals surface area contributed by atoms with Crippen LogP contribution in [0.3, 0.4) is 0 Å². The third-order valence-corrected chi connectivity index (χ3v) is 6.83. The predicted molar refractivity (Wildman–Crippen MR) is 98.4 cm³/mol. The zero-order valence-corrected chi connectivity index (χ0v) is 15.8. The number of aromatic nitrogens is 3. The molecule has 0 unspecified atom stereocenters. The van der Waals surface area contributed by atoms with Crippen molar-refractivity contribution in [2.75, 3.05) is 0 Å². The van der Waals surface area contributed by atoms with E-state index in [1.54, 1.807) is 10.9 Å². The topological polar surface area (TPSA) is 68.1 Å². The van der Waals surface area contributed by atoms with E-state index in [-0.39, 0.29) is 6.54 Å². The molecule has 0 bridgehead atoms. The van der Waals surface area contributed by atoms with Gasteiger partial charge in [0.15, 0.2) is 0 Å². The van der Waals surface area contributed by atoms with Crippen LogP contribution in [0.15, 0.2) is 47.5 Å². The second kappa shape index (κ2) is 6.03. The van der Waals surface area contributed by atoms with E-state index >= 15 is 0 Å². The normalized spacial score (nSPS) is 14.6. The van der Waals surface area contributed by atoms with Crippen molar-refractivity contribution in [1.29, 1.82) is 0 Å². The Hall–Kier alpha value is -2.51. The summed E-state index contributed by atoms with van der Waals surface area (Å²) < 4.78 is 30.3. The fraction of sp³-hybridized carbons (Fsp3) is 0.263. The fourth-order valence-corrected chi connectivity index (χ4v) is 5.52. The summed E-state index contributed by atoms with van der Waals surface area (Å²) in [5.41, 5.74) is 5.12. The minimum Gasteiger partial charge on any atom is -0.216 e. The summed E-state index contributed by atoms with van der Waals surface area (Å²) in [5, 5.41) is 8.11. The van der Waals surface area contributed by atoms with Crippen molar-refractivity contribution in [1.82, 2.24) is 19.3 Å². The predicted octanol–water partition coefficient (Wildman–Crippen LogP) is 2.90. The lowest BCUT2D eigenvalue weighted by atomic mass is 10.1. The lowest BCUT2D eigenvalue weighted by Crippen LogP contribution is -2.30. The summed E-state index contributed by atoms with van der Waals surface area (Å²) in [7, 11) is -3.66. The molecule has 2 aromatic carbocycles. The summed E-state index contributed by atoms with van der Waals surface area (Å²) >= 11 is 0. The molecule has 134 valence electrons. The molecule has 26 heavy (non-hydrogen) atoms. The van der Waals surface area contributed by atoms with Gasteiger partial charge in [0.1, 0.15) is 0 Å². The van der Waals surface area contributed by atoms with Gasteiger partial charge in [-0.1, -0.05) is 41.1 Å². The number of nitrogens with zero attached hydrogens (tertiary/aromatic N) is 4. The molecule has 0 spiro atoms. The first-order valence-corrected chi connectivity index (χ1v) is 9.88. The Labute approximate surface area is 153 Å². The lowest BCUT2D eigenvalue weighted by Gasteiger charge is -2.23. The molecule has 1 aliphatic rings.